The van der Waals surface area contributed by atoms with Gasteiger partial charge >= 0.3 is 5.97 Å². The van der Waals surface area contributed by atoms with Crippen molar-refractivity contribution >= 4 is 5.97 Å². The monoisotopic (exact) mass is 202 g/mol. The molecule has 2 aliphatic rings. The highest BCUT2D eigenvalue weighted by molar-refractivity contribution is 5.92. The molecule has 0 spiro atoms. The fourth-order valence-corrected chi connectivity index (χ4v) is 2.80. The SMILES string of the molecule is O=C1OC2CCCC[C@H]2c2ccccc21. The van der Waals surface area contributed by atoms with Gasteiger partial charge in [-0.2, -0.15) is 0 Å². The van der Waals surface area contributed by atoms with E-state index in [0.717, 1.165) is 18.4 Å². The maximum absolute atomic E-state index is 11.7. The van der Waals surface area contributed by atoms with Crippen molar-refractivity contribution in [2.24, 2.45) is 0 Å². The quantitative estimate of drug-likeness (QED) is 0.605. The molecule has 1 heterocycles. The molecular weight excluding hydrogens is 188 g/mol. The number of esters is 1. The molecule has 15 heavy (non-hydrogen) atoms. The molecule has 2 atom stereocenters. The van der Waals surface area contributed by atoms with Crippen molar-refractivity contribution in [3.8, 4) is 0 Å². The molecule has 1 aliphatic carbocycles. The van der Waals surface area contributed by atoms with Crippen LogP contribution in [0.1, 0.15) is 47.5 Å². The van der Waals surface area contributed by atoms with Crippen molar-refractivity contribution in [3.05, 3.63) is 35.4 Å². The molecule has 1 aliphatic heterocycles. The van der Waals surface area contributed by atoms with Gasteiger partial charge in [-0.15, -0.1) is 0 Å². The van der Waals surface area contributed by atoms with E-state index in [1.165, 1.54) is 18.4 Å². The fourth-order valence-electron chi connectivity index (χ4n) is 2.80. The van der Waals surface area contributed by atoms with Crippen LogP contribution in [0.4, 0.5) is 0 Å². The summed E-state index contributed by atoms with van der Waals surface area (Å²) in [5.41, 5.74) is 1.99. The maximum Gasteiger partial charge on any atom is 0.338 e. The molecule has 0 saturated heterocycles. The summed E-state index contributed by atoms with van der Waals surface area (Å²) in [6.45, 7) is 0. The number of carbonyl (C=O) groups excluding carboxylic acids is 1. The number of hydrogen-bond acceptors (Lipinski definition) is 2. The van der Waals surface area contributed by atoms with E-state index in [9.17, 15) is 4.79 Å². The van der Waals surface area contributed by atoms with E-state index in [2.05, 4.69) is 6.07 Å². The zero-order valence-electron chi connectivity index (χ0n) is 8.61. The molecule has 1 aromatic carbocycles. The molecule has 1 aromatic rings. The molecular formula is C13H14O2. The van der Waals surface area contributed by atoms with Crippen LogP contribution in [0, 0.1) is 0 Å². The van der Waals surface area contributed by atoms with Crippen molar-refractivity contribution in [2.75, 3.05) is 0 Å². The van der Waals surface area contributed by atoms with E-state index in [4.69, 9.17) is 4.74 Å². The summed E-state index contributed by atoms with van der Waals surface area (Å²) in [6.07, 6.45) is 4.78. The van der Waals surface area contributed by atoms with Gasteiger partial charge in [0.2, 0.25) is 0 Å². The zero-order chi connectivity index (χ0) is 10.3. The van der Waals surface area contributed by atoms with E-state index >= 15 is 0 Å². The summed E-state index contributed by atoms with van der Waals surface area (Å²) in [5.74, 6) is 0.321. The maximum atomic E-state index is 11.7. The van der Waals surface area contributed by atoms with Crippen LogP contribution in [-0.4, -0.2) is 12.1 Å². The molecule has 1 saturated carbocycles. The fraction of sp³-hybridized carbons (Fsp3) is 0.462. The topological polar surface area (TPSA) is 26.3 Å². The number of fused-ring (bicyclic) bond motifs is 3. The molecule has 2 nitrogen and oxygen atoms in total. The summed E-state index contributed by atoms with van der Waals surface area (Å²) in [6, 6.07) is 7.88. The van der Waals surface area contributed by atoms with E-state index < -0.39 is 0 Å². The smallest absolute Gasteiger partial charge is 0.338 e. The summed E-state index contributed by atoms with van der Waals surface area (Å²) < 4.78 is 5.48. The predicted octanol–water partition coefficient (Wildman–Crippen LogP) is 2.88. The van der Waals surface area contributed by atoms with Crippen molar-refractivity contribution in [1.82, 2.24) is 0 Å². The van der Waals surface area contributed by atoms with Crippen LogP contribution >= 0.6 is 0 Å². The van der Waals surface area contributed by atoms with Crippen molar-refractivity contribution in [3.63, 3.8) is 0 Å². The van der Waals surface area contributed by atoms with Gasteiger partial charge in [0.15, 0.2) is 0 Å². The third-order valence-corrected chi connectivity index (χ3v) is 3.54. The lowest BCUT2D eigenvalue weighted by molar-refractivity contribution is 0.00770. The van der Waals surface area contributed by atoms with Gasteiger partial charge in [0.1, 0.15) is 6.10 Å². The summed E-state index contributed by atoms with van der Waals surface area (Å²) in [5, 5.41) is 0. The lowest BCUT2D eigenvalue weighted by atomic mass is 9.78. The van der Waals surface area contributed by atoms with E-state index in [1.54, 1.807) is 0 Å². The Morgan fingerprint density at radius 2 is 1.93 bits per heavy atom. The third-order valence-electron chi connectivity index (χ3n) is 3.54. The number of rotatable bonds is 0. The highest BCUT2D eigenvalue weighted by Gasteiger charge is 2.36. The molecule has 1 fully saturated rings. The highest BCUT2D eigenvalue weighted by Crippen LogP contribution is 2.40. The largest absolute Gasteiger partial charge is 0.458 e. The minimum absolute atomic E-state index is 0.131. The van der Waals surface area contributed by atoms with Gasteiger partial charge in [0, 0.05) is 5.92 Å². The van der Waals surface area contributed by atoms with Crippen molar-refractivity contribution < 1.29 is 9.53 Å². The lowest BCUT2D eigenvalue weighted by Crippen LogP contribution is -2.34. The van der Waals surface area contributed by atoms with Gasteiger partial charge in [-0.05, 0) is 30.9 Å². The molecule has 78 valence electrons. The second-order valence-corrected chi connectivity index (χ2v) is 4.42. The molecule has 0 radical (unpaired) electrons. The van der Waals surface area contributed by atoms with Crippen molar-refractivity contribution in [2.45, 2.75) is 37.7 Å². The molecule has 0 N–H and O–H groups in total. The summed E-state index contributed by atoms with van der Waals surface area (Å²) in [4.78, 5) is 11.7. The summed E-state index contributed by atoms with van der Waals surface area (Å²) in [7, 11) is 0. The van der Waals surface area contributed by atoms with Crippen LogP contribution in [0.15, 0.2) is 24.3 Å². The molecule has 2 heteroatoms. The Labute approximate surface area is 89.2 Å². The Bertz CT molecular complexity index is 397. The Morgan fingerprint density at radius 3 is 2.87 bits per heavy atom. The number of hydrogen-bond donors (Lipinski definition) is 0. The third kappa shape index (κ3) is 1.36. The molecule has 0 aromatic heterocycles. The second-order valence-electron chi connectivity index (χ2n) is 4.42. The molecule has 3 rings (SSSR count). The van der Waals surface area contributed by atoms with Gasteiger partial charge in [-0.1, -0.05) is 24.6 Å². The average Bonchev–Trinajstić information content (AvgIpc) is 2.30. The standard InChI is InChI=1S/C13H14O2/c14-13-11-7-2-1-5-9(11)10-6-3-4-8-12(10)15-13/h1-2,5,7,10,12H,3-4,6,8H2/t10-,12?/m0/s1. The Hall–Kier alpha value is -1.31. The number of carbonyl (C=O) groups is 1. The van der Waals surface area contributed by atoms with Gasteiger partial charge in [0.25, 0.3) is 0 Å². The van der Waals surface area contributed by atoms with Gasteiger partial charge in [-0.25, -0.2) is 4.79 Å². The van der Waals surface area contributed by atoms with Crippen LogP contribution in [0.25, 0.3) is 0 Å². The van der Waals surface area contributed by atoms with Crippen LogP contribution in [-0.2, 0) is 4.74 Å². The zero-order valence-corrected chi connectivity index (χ0v) is 8.61. The second kappa shape index (κ2) is 3.37. The molecule has 0 amide bonds. The Kier molecular flexibility index (Phi) is 2.01. The van der Waals surface area contributed by atoms with Gasteiger partial charge in [-0.3, -0.25) is 0 Å². The summed E-state index contributed by atoms with van der Waals surface area (Å²) >= 11 is 0. The first-order valence-corrected chi connectivity index (χ1v) is 5.66. The van der Waals surface area contributed by atoms with Gasteiger partial charge < -0.3 is 4.74 Å². The van der Waals surface area contributed by atoms with Crippen molar-refractivity contribution in [1.29, 1.82) is 0 Å². The van der Waals surface area contributed by atoms with E-state index in [-0.39, 0.29) is 12.1 Å². The first-order chi connectivity index (χ1) is 7.36. The van der Waals surface area contributed by atoms with Crippen LogP contribution in [0.2, 0.25) is 0 Å². The van der Waals surface area contributed by atoms with E-state index in [0.29, 0.717) is 5.92 Å². The lowest BCUT2D eigenvalue weighted by Gasteiger charge is -2.36. The highest BCUT2D eigenvalue weighted by atomic mass is 16.5. The molecule has 1 unspecified atom stereocenters. The van der Waals surface area contributed by atoms with Crippen LogP contribution < -0.4 is 0 Å². The normalized spacial score (nSPS) is 28.9. The average molecular weight is 202 g/mol. The first kappa shape index (κ1) is 8.96. The minimum atomic E-state index is -0.131. The first-order valence-electron chi connectivity index (χ1n) is 5.66. The minimum Gasteiger partial charge on any atom is -0.458 e. The predicted molar refractivity (Wildman–Crippen MR) is 56.9 cm³/mol. The number of benzene rings is 1. The Balaban J connectivity index is 2.07. The Morgan fingerprint density at radius 1 is 1.13 bits per heavy atom. The van der Waals surface area contributed by atoms with Gasteiger partial charge in [0.05, 0.1) is 5.56 Å². The van der Waals surface area contributed by atoms with Crippen LogP contribution in [0.5, 0.6) is 0 Å². The van der Waals surface area contributed by atoms with E-state index in [1.807, 2.05) is 18.2 Å². The number of ether oxygens (including phenoxy) is 1. The van der Waals surface area contributed by atoms with Crippen LogP contribution in [0.3, 0.4) is 0 Å². The molecule has 0 bridgehead atoms.